The molecular formula is C50H30. The molecule has 50 heavy (non-hydrogen) atoms. The van der Waals surface area contributed by atoms with E-state index < -0.39 is 290 Å². The van der Waals surface area contributed by atoms with Crippen molar-refractivity contribution in [1.29, 1.82) is 0 Å². The van der Waals surface area contributed by atoms with Crippen LogP contribution in [0.15, 0.2) is 181 Å². The fourth-order valence-electron chi connectivity index (χ4n) is 6.53. The molecule has 0 aliphatic carbocycles. The van der Waals surface area contributed by atoms with Gasteiger partial charge in [0.05, 0.1) is 41.1 Å². The molecule has 0 saturated carbocycles. The SMILES string of the molecule is [2H]c1c([2H])c([2H])c(-c2c([2H])c(-c3c([2H])c([2H])c4c([2H])c([2H])c5c([2H])c([2H])c([2H])c6c([2H])c([2H])c3c4c56)c([2H])c(-c3c([2H])c([2H])c4c([2H])c([2H])c5c([2H])c([2H])c([2H])c6c([2H])c([2H])c3c4c56)c2-c2c([2H])c([2H])c([2H])c([2H])c2[2H])c([2H])c1[2H]. The summed E-state index contributed by atoms with van der Waals surface area (Å²) in [6.07, 6.45) is 0. The monoisotopic (exact) mass is 660 g/mol. The van der Waals surface area contributed by atoms with Gasteiger partial charge in [-0.25, -0.2) is 0 Å². The summed E-state index contributed by atoms with van der Waals surface area (Å²) in [7, 11) is 0. The van der Waals surface area contributed by atoms with Gasteiger partial charge in [-0.3, -0.25) is 0 Å². The van der Waals surface area contributed by atoms with Crippen LogP contribution in [0.1, 0.15) is 41.1 Å². The third kappa shape index (κ3) is 3.94. The first-order valence-electron chi connectivity index (χ1n) is 30.0. The van der Waals surface area contributed by atoms with Gasteiger partial charge >= 0.3 is 0 Å². The molecule has 0 fully saturated rings. The van der Waals surface area contributed by atoms with E-state index in [0.717, 1.165) is 0 Å². The highest BCUT2D eigenvalue weighted by atomic mass is 14.2. The molecule has 0 amide bonds. The predicted octanol–water partition coefficient (Wildman–Crippen LogP) is 14.1. The van der Waals surface area contributed by atoms with Crippen molar-refractivity contribution in [2.75, 3.05) is 0 Å². The van der Waals surface area contributed by atoms with Gasteiger partial charge in [0.2, 0.25) is 0 Å². The normalized spacial score (nSPS) is 20.4. The number of benzene rings is 11. The minimum atomic E-state index is -1.22. The van der Waals surface area contributed by atoms with Crippen molar-refractivity contribution < 1.29 is 41.1 Å². The quantitative estimate of drug-likeness (QED) is 0.165. The van der Waals surface area contributed by atoms with Gasteiger partial charge in [0, 0.05) is 0 Å². The van der Waals surface area contributed by atoms with E-state index in [1.54, 1.807) is 0 Å². The molecule has 0 heteroatoms. The molecule has 0 saturated heterocycles. The smallest absolute Gasteiger partial charge is 0.0622 e. The topological polar surface area (TPSA) is 0 Å². The molecule has 0 aromatic heterocycles. The lowest BCUT2D eigenvalue weighted by Crippen LogP contribution is -1.95. The Balaban J connectivity index is 1.55. The number of hydrogen-bond donors (Lipinski definition) is 0. The molecule has 0 atom stereocenters. The lowest BCUT2D eigenvalue weighted by Gasteiger charge is -2.22. The van der Waals surface area contributed by atoms with E-state index in [2.05, 4.69) is 0 Å². The van der Waals surface area contributed by atoms with E-state index in [4.69, 9.17) is 20.6 Å². The van der Waals surface area contributed by atoms with Crippen LogP contribution in [0.3, 0.4) is 0 Å². The van der Waals surface area contributed by atoms with Crippen molar-refractivity contribution in [3.05, 3.63) is 181 Å². The van der Waals surface area contributed by atoms with Crippen molar-refractivity contribution in [2.45, 2.75) is 0 Å². The van der Waals surface area contributed by atoms with Gasteiger partial charge in [-0.15, -0.1) is 0 Å². The molecule has 0 nitrogen and oxygen atoms in total. The third-order valence-corrected chi connectivity index (χ3v) is 8.62. The molecule has 0 N–H and O–H groups in total. The second-order valence-corrected chi connectivity index (χ2v) is 11.2. The Morgan fingerprint density at radius 2 is 0.680 bits per heavy atom. The van der Waals surface area contributed by atoms with E-state index in [9.17, 15) is 20.6 Å². The maximum Gasteiger partial charge on any atom is 0.0636 e. The second kappa shape index (κ2) is 10.5. The van der Waals surface area contributed by atoms with E-state index in [-0.39, 0.29) is 0 Å². The summed E-state index contributed by atoms with van der Waals surface area (Å²) in [6, 6.07) is -29.4. The van der Waals surface area contributed by atoms with Gasteiger partial charge in [-0.05, 0) is 121 Å². The molecule has 0 radical (unpaired) electrons. The molecule has 0 aliphatic heterocycles. The second-order valence-electron chi connectivity index (χ2n) is 11.2. The van der Waals surface area contributed by atoms with Crippen LogP contribution in [0.25, 0.3) is 109 Å². The van der Waals surface area contributed by atoms with Gasteiger partial charge < -0.3 is 0 Å². The van der Waals surface area contributed by atoms with E-state index in [0.29, 0.717) is 0 Å². The summed E-state index contributed by atoms with van der Waals surface area (Å²) in [5, 5.41) is -6.40. The summed E-state index contributed by atoms with van der Waals surface area (Å²) in [4.78, 5) is 0. The zero-order valence-corrected chi connectivity index (χ0v) is 25.0. The summed E-state index contributed by atoms with van der Waals surface area (Å²) in [5.74, 6) is 0. The minimum Gasteiger partial charge on any atom is -0.0622 e. The Hall–Kier alpha value is -6.50. The van der Waals surface area contributed by atoms with E-state index in [1.807, 2.05) is 0 Å². The largest absolute Gasteiger partial charge is 0.0636 e. The Bertz CT molecular complexity index is 4700. The molecule has 11 aromatic carbocycles. The van der Waals surface area contributed by atoms with Crippen molar-refractivity contribution in [1.82, 2.24) is 0 Å². The predicted molar refractivity (Wildman–Crippen MR) is 216 cm³/mol. The molecule has 230 valence electrons. The van der Waals surface area contributed by atoms with Gasteiger partial charge in [0.1, 0.15) is 0 Å². The molecule has 11 rings (SSSR count). The maximum absolute atomic E-state index is 10.5. The average molecular weight is 661 g/mol. The zero-order valence-electron chi connectivity index (χ0n) is 55.0. The van der Waals surface area contributed by atoms with Crippen LogP contribution < -0.4 is 0 Å². The first kappa shape index (κ1) is 11.3. The van der Waals surface area contributed by atoms with E-state index >= 15 is 0 Å². The molecule has 0 spiro atoms. The van der Waals surface area contributed by atoms with Crippen molar-refractivity contribution in [2.24, 2.45) is 0 Å². The highest BCUT2D eigenvalue weighted by Gasteiger charge is 2.21. The molecule has 11 aromatic rings. The van der Waals surface area contributed by atoms with Crippen LogP contribution >= 0.6 is 0 Å². The van der Waals surface area contributed by atoms with Crippen LogP contribution in [0, 0.1) is 0 Å². The lowest BCUT2D eigenvalue weighted by molar-refractivity contribution is 1.56. The fraction of sp³-hybridized carbons (Fsp3) is 0. The summed E-state index contributed by atoms with van der Waals surface area (Å²) < 4.78 is 277. The van der Waals surface area contributed by atoms with Gasteiger partial charge in [0.15, 0.2) is 0 Å². The Morgan fingerprint density at radius 1 is 0.260 bits per heavy atom. The van der Waals surface area contributed by atoms with Crippen LogP contribution in [0.5, 0.6) is 0 Å². The van der Waals surface area contributed by atoms with Crippen LogP contribution in [0.4, 0.5) is 0 Å². The molecule has 0 unspecified atom stereocenters. The Morgan fingerprint density at radius 3 is 1.24 bits per heavy atom. The highest BCUT2D eigenvalue weighted by molar-refractivity contribution is 6.27. The lowest BCUT2D eigenvalue weighted by atomic mass is 9.81. The standard InChI is InChI=1S/C50H30/c1-3-9-31(10-4-1)44-29-39(40-25-21-37-19-17-33-13-7-15-35-23-27-42(40)49(37)46(33)35)30-45(48(44)32-11-5-2-6-12-32)41-26-22-38-20-18-34-14-8-16-36-24-28-43(41)50(38)47(34)36/h1-30H/i1D,2D,3D,4D,5D,6D,7D,8D,9D,10D,11D,12D,13D,14D,15D,16D,17D,18D,19D,20D,21D,22D,23D,24D,25D,26D,27D,28D,29D,30D. The van der Waals surface area contributed by atoms with Crippen molar-refractivity contribution >= 4 is 64.6 Å². The third-order valence-electron chi connectivity index (χ3n) is 8.62. The fourth-order valence-corrected chi connectivity index (χ4v) is 6.53. The van der Waals surface area contributed by atoms with Crippen molar-refractivity contribution in [3.8, 4) is 44.5 Å². The van der Waals surface area contributed by atoms with Crippen molar-refractivity contribution in [3.63, 3.8) is 0 Å². The van der Waals surface area contributed by atoms with Crippen LogP contribution in [0.2, 0.25) is 0 Å². The van der Waals surface area contributed by atoms with Gasteiger partial charge in [-0.2, -0.15) is 0 Å². The number of rotatable bonds is 4. The van der Waals surface area contributed by atoms with Crippen LogP contribution in [-0.2, 0) is 0 Å². The summed E-state index contributed by atoms with van der Waals surface area (Å²) in [6.45, 7) is 0. The molecule has 0 aliphatic rings. The van der Waals surface area contributed by atoms with Gasteiger partial charge in [0.25, 0.3) is 0 Å². The van der Waals surface area contributed by atoms with E-state index in [1.165, 1.54) is 0 Å². The highest BCUT2D eigenvalue weighted by Crippen LogP contribution is 2.48. The summed E-state index contributed by atoms with van der Waals surface area (Å²) in [5.41, 5.74) is -7.83. The zero-order chi connectivity index (χ0) is 58.9. The summed E-state index contributed by atoms with van der Waals surface area (Å²) >= 11 is 0. The Kier molecular flexibility index (Phi) is 2.37. The first-order chi connectivity index (χ1) is 37.3. The average Bonchev–Trinajstić information content (AvgIpc) is 3.61. The Labute approximate surface area is 332 Å². The maximum atomic E-state index is 10.5. The molecular weight excluding hydrogens is 601 g/mol. The van der Waals surface area contributed by atoms with Crippen LogP contribution in [-0.4, -0.2) is 0 Å². The first-order valence-corrected chi connectivity index (χ1v) is 15.0. The number of hydrogen-bond acceptors (Lipinski definition) is 0. The van der Waals surface area contributed by atoms with Gasteiger partial charge in [-0.1, -0.05) is 169 Å². The molecule has 0 bridgehead atoms. The minimum absolute atomic E-state index is 0.392. The molecule has 0 heterocycles.